The molecule has 3 heteroatoms. The van der Waals surface area contributed by atoms with Crippen LogP contribution in [0.1, 0.15) is 41.9 Å². The highest BCUT2D eigenvalue weighted by atomic mass is 16.5. The second kappa shape index (κ2) is 6.55. The van der Waals surface area contributed by atoms with Crippen LogP contribution in [-0.2, 0) is 17.6 Å². The van der Waals surface area contributed by atoms with Crippen LogP contribution in [0.5, 0.6) is 11.5 Å². The fraction of sp³-hybridized carbons (Fsp3) is 0.409. The monoisotopic (exact) mass is 336 g/mol. The molecule has 0 spiro atoms. The SMILES string of the molecule is COc1ccc2c(c1)CC[C@@H]1C(=O)C(Cc3ccc(O)cc3)CCC21. The van der Waals surface area contributed by atoms with Gasteiger partial charge in [-0.3, -0.25) is 4.79 Å². The number of aryl methyl sites for hydroxylation is 1. The molecule has 2 aromatic rings. The molecule has 0 amide bonds. The van der Waals surface area contributed by atoms with Crippen molar-refractivity contribution in [2.45, 2.75) is 38.0 Å². The normalized spacial score (nSPS) is 25.2. The number of fused-ring (bicyclic) bond motifs is 3. The molecule has 3 nitrogen and oxygen atoms in total. The van der Waals surface area contributed by atoms with E-state index in [2.05, 4.69) is 12.1 Å². The quantitative estimate of drug-likeness (QED) is 0.910. The Morgan fingerprint density at radius 3 is 2.60 bits per heavy atom. The zero-order valence-corrected chi connectivity index (χ0v) is 14.6. The van der Waals surface area contributed by atoms with Gasteiger partial charge in [0.15, 0.2) is 0 Å². The van der Waals surface area contributed by atoms with Gasteiger partial charge in [0.1, 0.15) is 17.3 Å². The van der Waals surface area contributed by atoms with Gasteiger partial charge in [-0.25, -0.2) is 0 Å². The minimum Gasteiger partial charge on any atom is -0.508 e. The second-order valence-electron chi connectivity index (χ2n) is 7.36. The third kappa shape index (κ3) is 3.04. The predicted molar refractivity (Wildman–Crippen MR) is 97.1 cm³/mol. The first kappa shape index (κ1) is 16.2. The van der Waals surface area contributed by atoms with E-state index in [-0.39, 0.29) is 17.6 Å². The number of ether oxygens (including phenoxy) is 1. The molecule has 4 rings (SSSR count). The minimum absolute atomic E-state index is 0.116. The van der Waals surface area contributed by atoms with Crippen molar-refractivity contribution in [2.75, 3.05) is 7.11 Å². The van der Waals surface area contributed by atoms with E-state index in [1.54, 1.807) is 19.2 Å². The Bertz CT molecular complexity index is 778. The fourth-order valence-corrected chi connectivity index (χ4v) is 4.66. The molecular weight excluding hydrogens is 312 g/mol. The van der Waals surface area contributed by atoms with Crippen molar-refractivity contribution in [1.82, 2.24) is 0 Å². The van der Waals surface area contributed by atoms with Gasteiger partial charge in [-0.05, 0) is 79.0 Å². The van der Waals surface area contributed by atoms with Gasteiger partial charge in [0, 0.05) is 11.8 Å². The highest BCUT2D eigenvalue weighted by Crippen LogP contribution is 2.46. The number of ketones is 1. The first-order valence-electron chi connectivity index (χ1n) is 9.14. The molecule has 0 aliphatic heterocycles. The van der Waals surface area contributed by atoms with Crippen molar-refractivity contribution >= 4 is 5.78 Å². The van der Waals surface area contributed by atoms with Crippen LogP contribution in [0.15, 0.2) is 42.5 Å². The summed E-state index contributed by atoms with van der Waals surface area (Å²) >= 11 is 0. The van der Waals surface area contributed by atoms with Gasteiger partial charge >= 0.3 is 0 Å². The average Bonchev–Trinajstić information content (AvgIpc) is 2.65. The van der Waals surface area contributed by atoms with Crippen molar-refractivity contribution in [3.63, 3.8) is 0 Å². The summed E-state index contributed by atoms with van der Waals surface area (Å²) in [5.41, 5.74) is 3.84. The second-order valence-corrected chi connectivity index (χ2v) is 7.36. The predicted octanol–water partition coefficient (Wildman–Crippen LogP) is 4.27. The smallest absolute Gasteiger partial charge is 0.139 e. The lowest BCUT2D eigenvalue weighted by Crippen LogP contribution is -2.37. The maximum atomic E-state index is 13.1. The summed E-state index contributed by atoms with van der Waals surface area (Å²) in [5, 5.41) is 9.42. The molecule has 2 aromatic carbocycles. The zero-order chi connectivity index (χ0) is 17.4. The summed E-state index contributed by atoms with van der Waals surface area (Å²) in [7, 11) is 1.70. The van der Waals surface area contributed by atoms with Gasteiger partial charge in [-0.2, -0.15) is 0 Å². The molecule has 2 aliphatic rings. The first-order valence-corrected chi connectivity index (χ1v) is 9.14. The van der Waals surface area contributed by atoms with Gasteiger partial charge in [-0.15, -0.1) is 0 Å². The van der Waals surface area contributed by atoms with E-state index in [4.69, 9.17) is 4.74 Å². The molecule has 0 bridgehead atoms. The maximum absolute atomic E-state index is 13.1. The summed E-state index contributed by atoms with van der Waals surface area (Å²) in [6.07, 6.45) is 4.74. The van der Waals surface area contributed by atoms with Crippen LogP contribution in [0.4, 0.5) is 0 Å². The number of carbonyl (C=O) groups excluding carboxylic acids is 1. The molecule has 1 fully saturated rings. The maximum Gasteiger partial charge on any atom is 0.139 e. The lowest BCUT2D eigenvalue weighted by molar-refractivity contribution is -0.130. The van der Waals surface area contributed by atoms with Crippen molar-refractivity contribution in [3.05, 3.63) is 59.2 Å². The molecule has 1 saturated carbocycles. The Balaban J connectivity index is 1.52. The van der Waals surface area contributed by atoms with Crippen molar-refractivity contribution in [3.8, 4) is 11.5 Å². The number of phenols is 1. The lowest BCUT2D eigenvalue weighted by atomic mass is 9.64. The van der Waals surface area contributed by atoms with E-state index < -0.39 is 0 Å². The van der Waals surface area contributed by atoms with E-state index in [1.165, 1.54) is 11.1 Å². The molecule has 0 heterocycles. The topological polar surface area (TPSA) is 46.5 Å². The highest BCUT2D eigenvalue weighted by Gasteiger charge is 2.41. The Kier molecular flexibility index (Phi) is 4.24. The van der Waals surface area contributed by atoms with Gasteiger partial charge < -0.3 is 9.84 Å². The van der Waals surface area contributed by atoms with Gasteiger partial charge in [0.05, 0.1) is 7.11 Å². The van der Waals surface area contributed by atoms with Crippen LogP contribution in [0.3, 0.4) is 0 Å². The van der Waals surface area contributed by atoms with Crippen LogP contribution < -0.4 is 4.74 Å². The third-order valence-corrected chi connectivity index (χ3v) is 5.97. The molecule has 0 saturated heterocycles. The number of Topliss-reactive ketones (excluding diaryl/α,β-unsaturated/α-hetero) is 1. The fourth-order valence-electron chi connectivity index (χ4n) is 4.66. The van der Waals surface area contributed by atoms with E-state index in [1.807, 2.05) is 18.2 Å². The van der Waals surface area contributed by atoms with E-state index in [0.717, 1.165) is 43.4 Å². The van der Waals surface area contributed by atoms with Crippen LogP contribution in [-0.4, -0.2) is 18.0 Å². The van der Waals surface area contributed by atoms with Crippen LogP contribution in [0.25, 0.3) is 0 Å². The molecule has 1 N–H and O–H groups in total. The van der Waals surface area contributed by atoms with E-state index >= 15 is 0 Å². The Morgan fingerprint density at radius 1 is 1.04 bits per heavy atom. The van der Waals surface area contributed by atoms with Gasteiger partial charge in [0.25, 0.3) is 0 Å². The molecule has 130 valence electrons. The summed E-state index contributed by atoms with van der Waals surface area (Å²) < 4.78 is 5.34. The third-order valence-electron chi connectivity index (χ3n) is 5.97. The van der Waals surface area contributed by atoms with E-state index in [0.29, 0.717) is 11.7 Å². The Hall–Kier alpha value is -2.29. The lowest BCUT2D eigenvalue weighted by Gasteiger charge is -2.39. The number of methoxy groups -OCH3 is 1. The van der Waals surface area contributed by atoms with Crippen molar-refractivity contribution in [1.29, 1.82) is 0 Å². The number of phenolic OH excluding ortho intramolecular Hbond substituents is 1. The largest absolute Gasteiger partial charge is 0.508 e. The molecule has 3 atom stereocenters. The van der Waals surface area contributed by atoms with Crippen LogP contribution >= 0.6 is 0 Å². The van der Waals surface area contributed by atoms with Crippen LogP contribution in [0, 0.1) is 11.8 Å². The van der Waals surface area contributed by atoms with Crippen molar-refractivity contribution in [2.24, 2.45) is 11.8 Å². The Labute approximate surface area is 148 Å². The summed E-state index contributed by atoms with van der Waals surface area (Å²) in [4.78, 5) is 13.1. The molecular formula is C22H24O3. The number of benzene rings is 2. The van der Waals surface area contributed by atoms with Crippen LogP contribution in [0.2, 0.25) is 0 Å². The minimum atomic E-state index is 0.116. The summed E-state index contributed by atoms with van der Waals surface area (Å²) in [6, 6.07) is 13.6. The number of aromatic hydroxyl groups is 1. The molecule has 0 aromatic heterocycles. The number of carbonyl (C=O) groups is 1. The highest BCUT2D eigenvalue weighted by molar-refractivity contribution is 5.86. The number of hydrogen-bond donors (Lipinski definition) is 1. The first-order chi connectivity index (χ1) is 12.2. The molecule has 2 unspecified atom stereocenters. The number of hydrogen-bond acceptors (Lipinski definition) is 3. The Morgan fingerprint density at radius 2 is 1.84 bits per heavy atom. The molecule has 0 radical (unpaired) electrons. The van der Waals surface area contributed by atoms with E-state index in [9.17, 15) is 9.90 Å². The summed E-state index contributed by atoms with van der Waals surface area (Å²) in [6.45, 7) is 0. The van der Waals surface area contributed by atoms with Crippen molar-refractivity contribution < 1.29 is 14.6 Å². The molecule has 25 heavy (non-hydrogen) atoms. The van der Waals surface area contributed by atoms with Gasteiger partial charge in [0.2, 0.25) is 0 Å². The zero-order valence-electron chi connectivity index (χ0n) is 14.6. The number of rotatable bonds is 3. The van der Waals surface area contributed by atoms with Gasteiger partial charge in [-0.1, -0.05) is 18.2 Å². The standard InChI is InChI=1S/C22H24O3/c1-25-18-8-11-19-15(13-18)4-10-21-20(19)9-5-16(22(21)24)12-14-2-6-17(23)7-3-14/h2-3,6-8,11,13,16,20-21,23H,4-5,9-10,12H2,1H3/t16?,20?,21-/m0/s1. The average molecular weight is 336 g/mol. The summed E-state index contributed by atoms with van der Waals surface area (Å²) in [5.74, 6) is 2.27. The molecule has 2 aliphatic carbocycles.